The average molecular weight is 433 g/mol. The molecule has 1 unspecified atom stereocenters. The molecule has 7 heteroatoms. The Bertz CT molecular complexity index is 1230. The number of methoxy groups -OCH3 is 2. The van der Waals surface area contributed by atoms with E-state index in [0.717, 1.165) is 11.1 Å². The van der Waals surface area contributed by atoms with Crippen LogP contribution in [0.5, 0.6) is 11.5 Å². The first-order chi connectivity index (χ1) is 15.4. The summed E-state index contributed by atoms with van der Waals surface area (Å²) in [4.78, 5) is 27.7. The number of ether oxygens (including phenoxy) is 2. The van der Waals surface area contributed by atoms with E-state index < -0.39 is 17.7 Å². The van der Waals surface area contributed by atoms with Crippen molar-refractivity contribution in [3.63, 3.8) is 0 Å². The van der Waals surface area contributed by atoms with Crippen LogP contribution in [-0.4, -0.2) is 31.0 Å². The zero-order chi connectivity index (χ0) is 23.0. The first kappa shape index (κ1) is 21.2. The zero-order valence-electron chi connectivity index (χ0n) is 18.2. The van der Waals surface area contributed by atoms with Crippen LogP contribution in [-0.2, 0) is 9.59 Å². The van der Waals surface area contributed by atoms with E-state index in [1.54, 1.807) is 36.4 Å². The standard InChI is InChI=1S/C25H23NO6/c1-14-7-8-15(2)17(12-14)23(27)21-22(19-6-5-11-32-19)26(25(29)24(21)28)16-9-10-18(30-3)20(13-16)31-4/h5-13,22,27H,1-4H3/b23-21-. The minimum absolute atomic E-state index is 0.0339. The van der Waals surface area contributed by atoms with Crippen LogP contribution in [0, 0.1) is 13.8 Å². The summed E-state index contributed by atoms with van der Waals surface area (Å²) >= 11 is 0. The predicted molar refractivity (Wildman–Crippen MR) is 119 cm³/mol. The molecule has 0 bridgehead atoms. The third-order valence-corrected chi connectivity index (χ3v) is 5.55. The number of anilines is 1. The molecule has 1 aromatic heterocycles. The van der Waals surface area contributed by atoms with Crippen molar-refractivity contribution < 1.29 is 28.6 Å². The number of amides is 1. The third kappa shape index (κ3) is 3.41. The Morgan fingerprint density at radius 3 is 2.41 bits per heavy atom. The predicted octanol–water partition coefficient (Wildman–Crippen LogP) is 4.54. The monoisotopic (exact) mass is 433 g/mol. The second kappa shape index (κ2) is 8.26. The summed E-state index contributed by atoms with van der Waals surface area (Å²) in [6.07, 6.45) is 1.46. The molecule has 0 spiro atoms. The van der Waals surface area contributed by atoms with Gasteiger partial charge in [0.25, 0.3) is 11.7 Å². The summed E-state index contributed by atoms with van der Waals surface area (Å²) in [7, 11) is 3.00. The highest BCUT2D eigenvalue weighted by molar-refractivity contribution is 6.51. The minimum Gasteiger partial charge on any atom is -0.507 e. The number of aryl methyl sites for hydroxylation is 2. The van der Waals surface area contributed by atoms with E-state index in [9.17, 15) is 14.7 Å². The van der Waals surface area contributed by atoms with Crippen molar-refractivity contribution in [2.24, 2.45) is 0 Å². The van der Waals surface area contributed by atoms with Crippen LogP contribution in [0.1, 0.15) is 28.5 Å². The maximum absolute atomic E-state index is 13.2. The van der Waals surface area contributed by atoms with Gasteiger partial charge in [0.15, 0.2) is 11.5 Å². The number of furan rings is 1. The second-order valence-electron chi connectivity index (χ2n) is 7.54. The topological polar surface area (TPSA) is 89.2 Å². The molecular formula is C25H23NO6. The van der Waals surface area contributed by atoms with E-state index in [-0.39, 0.29) is 11.3 Å². The first-order valence-corrected chi connectivity index (χ1v) is 10.0. The molecule has 0 radical (unpaired) electrons. The quantitative estimate of drug-likeness (QED) is 0.361. The molecule has 164 valence electrons. The van der Waals surface area contributed by atoms with E-state index in [1.807, 2.05) is 26.0 Å². The van der Waals surface area contributed by atoms with Crippen molar-refractivity contribution in [2.45, 2.75) is 19.9 Å². The molecule has 4 rings (SSSR count). The van der Waals surface area contributed by atoms with Crippen LogP contribution in [0.15, 0.2) is 64.8 Å². The zero-order valence-corrected chi connectivity index (χ0v) is 18.2. The number of hydrogen-bond acceptors (Lipinski definition) is 6. The molecule has 1 fully saturated rings. The highest BCUT2D eigenvalue weighted by Gasteiger charge is 2.48. The summed E-state index contributed by atoms with van der Waals surface area (Å²) in [6, 6.07) is 12.9. The molecule has 2 heterocycles. The van der Waals surface area contributed by atoms with Crippen LogP contribution < -0.4 is 14.4 Å². The van der Waals surface area contributed by atoms with Gasteiger partial charge in [-0.25, -0.2) is 0 Å². The Morgan fingerprint density at radius 2 is 1.75 bits per heavy atom. The molecule has 1 aliphatic rings. The van der Waals surface area contributed by atoms with Crippen LogP contribution in [0.2, 0.25) is 0 Å². The van der Waals surface area contributed by atoms with Gasteiger partial charge in [-0.1, -0.05) is 17.7 Å². The Balaban J connectivity index is 1.94. The van der Waals surface area contributed by atoms with E-state index in [0.29, 0.717) is 28.5 Å². The maximum atomic E-state index is 13.2. The van der Waals surface area contributed by atoms with Gasteiger partial charge >= 0.3 is 0 Å². The van der Waals surface area contributed by atoms with Gasteiger partial charge < -0.3 is 19.0 Å². The van der Waals surface area contributed by atoms with Crippen LogP contribution in [0.4, 0.5) is 5.69 Å². The van der Waals surface area contributed by atoms with Crippen molar-refractivity contribution in [3.05, 3.63) is 82.8 Å². The van der Waals surface area contributed by atoms with Gasteiger partial charge in [-0.05, 0) is 49.7 Å². The van der Waals surface area contributed by atoms with E-state index >= 15 is 0 Å². The summed E-state index contributed by atoms with van der Waals surface area (Å²) in [5, 5.41) is 11.2. The Hall–Kier alpha value is -4.00. The fraction of sp³-hybridized carbons (Fsp3) is 0.200. The minimum atomic E-state index is -0.942. The lowest BCUT2D eigenvalue weighted by atomic mass is 9.96. The normalized spacial score (nSPS) is 17.6. The van der Waals surface area contributed by atoms with E-state index in [1.165, 1.54) is 25.4 Å². The molecule has 1 N–H and O–H groups in total. The lowest BCUT2D eigenvalue weighted by molar-refractivity contribution is -0.132. The molecular weight excluding hydrogens is 410 g/mol. The third-order valence-electron chi connectivity index (χ3n) is 5.55. The second-order valence-corrected chi connectivity index (χ2v) is 7.54. The maximum Gasteiger partial charge on any atom is 0.300 e. The Labute approximate surface area is 185 Å². The van der Waals surface area contributed by atoms with Gasteiger partial charge in [-0.2, -0.15) is 0 Å². The first-order valence-electron chi connectivity index (χ1n) is 10.0. The molecule has 2 aromatic carbocycles. The van der Waals surface area contributed by atoms with E-state index in [4.69, 9.17) is 13.9 Å². The van der Waals surface area contributed by atoms with Crippen molar-refractivity contribution in [1.29, 1.82) is 0 Å². The van der Waals surface area contributed by atoms with E-state index in [2.05, 4.69) is 0 Å². The number of aliphatic hydroxyl groups is 1. The van der Waals surface area contributed by atoms with Crippen LogP contribution in [0.3, 0.4) is 0 Å². The molecule has 7 nitrogen and oxygen atoms in total. The fourth-order valence-corrected chi connectivity index (χ4v) is 3.93. The van der Waals surface area contributed by atoms with Gasteiger partial charge in [0.1, 0.15) is 17.6 Å². The highest BCUT2D eigenvalue weighted by Crippen LogP contribution is 2.44. The number of carbonyl (C=O) groups excluding carboxylic acids is 2. The van der Waals surface area contributed by atoms with Gasteiger partial charge in [-0.15, -0.1) is 0 Å². The Morgan fingerprint density at radius 1 is 1.00 bits per heavy atom. The highest BCUT2D eigenvalue weighted by atomic mass is 16.5. The van der Waals surface area contributed by atoms with Crippen molar-refractivity contribution in [2.75, 3.05) is 19.1 Å². The van der Waals surface area contributed by atoms with Gasteiger partial charge in [0, 0.05) is 17.3 Å². The summed E-state index contributed by atoms with van der Waals surface area (Å²) in [5.41, 5.74) is 2.57. The van der Waals surface area contributed by atoms with Gasteiger partial charge in [0.2, 0.25) is 0 Å². The molecule has 1 amide bonds. The molecule has 1 saturated heterocycles. The number of carbonyl (C=O) groups is 2. The lowest BCUT2D eigenvalue weighted by Crippen LogP contribution is -2.29. The summed E-state index contributed by atoms with van der Waals surface area (Å²) in [5.74, 6) is -0.567. The number of ketones is 1. The number of benzene rings is 2. The summed E-state index contributed by atoms with van der Waals surface area (Å²) < 4.78 is 16.2. The largest absolute Gasteiger partial charge is 0.507 e. The number of hydrogen-bond donors (Lipinski definition) is 1. The molecule has 0 aliphatic carbocycles. The molecule has 3 aromatic rings. The molecule has 1 atom stereocenters. The lowest BCUT2D eigenvalue weighted by Gasteiger charge is -2.24. The van der Waals surface area contributed by atoms with Crippen molar-refractivity contribution >= 4 is 23.1 Å². The number of rotatable bonds is 5. The fourth-order valence-electron chi connectivity index (χ4n) is 3.93. The van der Waals surface area contributed by atoms with Gasteiger partial charge in [-0.3, -0.25) is 14.5 Å². The molecule has 1 aliphatic heterocycles. The van der Waals surface area contributed by atoms with Crippen LogP contribution >= 0.6 is 0 Å². The number of aliphatic hydroxyl groups excluding tert-OH is 1. The van der Waals surface area contributed by atoms with Gasteiger partial charge in [0.05, 0.1) is 26.1 Å². The number of Topliss-reactive ketones (excluding diaryl/α,β-unsaturated/α-hetero) is 1. The SMILES string of the molecule is COc1ccc(N2C(=O)C(=O)/C(=C(\O)c3cc(C)ccc3C)C2c2ccco2)cc1OC. The Kier molecular flexibility index (Phi) is 5.48. The smallest absolute Gasteiger partial charge is 0.300 e. The molecule has 0 saturated carbocycles. The molecule has 32 heavy (non-hydrogen) atoms. The van der Waals surface area contributed by atoms with Crippen molar-refractivity contribution in [1.82, 2.24) is 0 Å². The van der Waals surface area contributed by atoms with Crippen LogP contribution in [0.25, 0.3) is 5.76 Å². The number of nitrogens with zero attached hydrogens (tertiary/aromatic N) is 1. The summed E-state index contributed by atoms with van der Waals surface area (Å²) in [6.45, 7) is 3.73. The van der Waals surface area contributed by atoms with Crippen molar-refractivity contribution in [3.8, 4) is 11.5 Å². The average Bonchev–Trinajstić information content (AvgIpc) is 3.41.